The Morgan fingerprint density at radius 3 is 2.61 bits per heavy atom. The van der Waals surface area contributed by atoms with Crippen molar-refractivity contribution >= 4 is 10.0 Å². The highest BCUT2D eigenvalue weighted by molar-refractivity contribution is 7.88. The Labute approximate surface area is 130 Å². The summed E-state index contributed by atoms with van der Waals surface area (Å²) in [6.45, 7) is 3.14. The summed E-state index contributed by atoms with van der Waals surface area (Å²) in [5.41, 5.74) is 1.46. The van der Waals surface area contributed by atoms with Crippen LogP contribution < -0.4 is 4.72 Å². The van der Waals surface area contributed by atoms with Crippen molar-refractivity contribution in [3.63, 3.8) is 0 Å². The van der Waals surface area contributed by atoms with Crippen molar-refractivity contribution in [2.75, 3.05) is 0 Å². The molecule has 0 bridgehead atoms. The third kappa shape index (κ3) is 4.76. The van der Waals surface area contributed by atoms with E-state index in [1.807, 2.05) is 13.0 Å². The Kier molecular flexibility index (Phi) is 4.76. The Morgan fingerprint density at radius 2 is 2.04 bits per heavy atom. The molecule has 2 rings (SSSR count). The van der Waals surface area contributed by atoms with Crippen molar-refractivity contribution in [2.24, 2.45) is 0 Å². The van der Waals surface area contributed by atoms with E-state index in [4.69, 9.17) is 0 Å². The van der Waals surface area contributed by atoms with Gasteiger partial charge < -0.3 is 4.52 Å². The quantitative estimate of drug-likeness (QED) is 0.897. The third-order valence-electron chi connectivity index (χ3n) is 2.86. The standard InChI is InChI=1S/C13H14F3N3O3S/c1-8-4-3-5-10(6-8)7-23(20,21)19-9(2)11-17-12(18-22-11)13(14,15)16/h3-6,9,19H,7H2,1-2H3/t9-/m0/s1. The number of hydrogen-bond donors (Lipinski definition) is 1. The van der Waals surface area contributed by atoms with Crippen molar-refractivity contribution in [3.8, 4) is 0 Å². The highest BCUT2D eigenvalue weighted by Gasteiger charge is 2.38. The molecule has 0 saturated heterocycles. The minimum atomic E-state index is -4.75. The number of rotatable bonds is 5. The molecule has 1 aromatic heterocycles. The number of nitrogens with zero attached hydrogens (tertiary/aromatic N) is 2. The molecule has 10 heteroatoms. The lowest BCUT2D eigenvalue weighted by molar-refractivity contribution is -0.146. The fourth-order valence-corrected chi connectivity index (χ4v) is 3.25. The summed E-state index contributed by atoms with van der Waals surface area (Å²) in [5, 5.41) is 2.79. The highest BCUT2D eigenvalue weighted by Crippen LogP contribution is 2.27. The molecule has 0 aliphatic carbocycles. The second kappa shape index (κ2) is 6.28. The van der Waals surface area contributed by atoms with Crippen LogP contribution in [0.1, 0.15) is 35.8 Å². The predicted molar refractivity (Wildman–Crippen MR) is 74.7 cm³/mol. The second-order valence-corrected chi connectivity index (χ2v) is 6.80. The van der Waals surface area contributed by atoms with E-state index in [9.17, 15) is 21.6 Å². The maximum Gasteiger partial charge on any atom is 0.455 e. The molecular weight excluding hydrogens is 335 g/mol. The van der Waals surface area contributed by atoms with Gasteiger partial charge in [-0.1, -0.05) is 35.0 Å². The van der Waals surface area contributed by atoms with Crippen LogP contribution in [0.2, 0.25) is 0 Å². The summed E-state index contributed by atoms with van der Waals surface area (Å²) in [5.74, 6) is -2.21. The first-order valence-corrected chi connectivity index (χ1v) is 8.18. The summed E-state index contributed by atoms with van der Waals surface area (Å²) in [4.78, 5) is 3.16. The molecule has 23 heavy (non-hydrogen) atoms. The largest absolute Gasteiger partial charge is 0.455 e. The third-order valence-corrected chi connectivity index (χ3v) is 4.29. The van der Waals surface area contributed by atoms with E-state index < -0.39 is 34.0 Å². The lowest BCUT2D eigenvalue weighted by Crippen LogP contribution is -2.28. The first-order chi connectivity index (χ1) is 10.6. The lowest BCUT2D eigenvalue weighted by Gasteiger charge is -2.11. The van der Waals surface area contributed by atoms with Crippen LogP contribution in [0.25, 0.3) is 0 Å². The molecule has 0 aliphatic heterocycles. The van der Waals surface area contributed by atoms with Crippen molar-refractivity contribution in [1.82, 2.24) is 14.9 Å². The molecule has 6 nitrogen and oxygen atoms in total. The van der Waals surface area contributed by atoms with Crippen molar-refractivity contribution < 1.29 is 26.1 Å². The normalized spacial score (nSPS) is 14.0. The molecule has 2 aromatic rings. The Balaban J connectivity index is 2.09. The number of aromatic nitrogens is 2. The zero-order valence-corrected chi connectivity index (χ0v) is 13.1. The van der Waals surface area contributed by atoms with Crippen LogP contribution in [0.4, 0.5) is 13.2 Å². The van der Waals surface area contributed by atoms with Crippen LogP contribution in [0.3, 0.4) is 0 Å². The zero-order valence-electron chi connectivity index (χ0n) is 12.3. The van der Waals surface area contributed by atoms with Crippen LogP contribution >= 0.6 is 0 Å². The SMILES string of the molecule is Cc1cccc(CS(=O)(=O)N[C@@H](C)c2nc(C(F)(F)F)no2)c1. The molecule has 0 unspecified atom stereocenters. The van der Waals surface area contributed by atoms with E-state index in [0.29, 0.717) is 5.56 Å². The summed E-state index contributed by atoms with van der Waals surface area (Å²) in [6, 6.07) is 5.82. The van der Waals surface area contributed by atoms with Gasteiger partial charge in [0.25, 0.3) is 5.82 Å². The molecule has 0 aliphatic rings. The van der Waals surface area contributed by atoms with Gasteiger partial charge in [0, 0.05) is 0 Å². The minimum Gasteiger partial charge on any atom is -0.337 e. The fraction of sp³-hybridized carbons (Fsp3) is 0.385. The van der Waals surface area contributed by atoms with Crippen LogP contribution in [0.5, 0.6) is 0 Å². The minimum absolute atomic E-state index is 0.306. The van der Waals surface area contributed by atoms with E-state index >= 15 is 0 Å². The average Bonchev–Trinajstić information content (AvgIpc) is 2.86. The first-order valence-electron chi connectivity index (χ1n) is 6.53. The number of halogens is 3. The van der Waals surface area contributed by atoms with Crippen LogP contribution in [0, 0.1) is 6.92 Å². The lowest BCUT2D eigenvalue weighted by atomic mass is 10.2. The summed E-state index contributed by atoms with van der Waals surface area (Å²) >= 11 is 0. The number of sulfonamides is 1. The van der Waals surface area contributed by atoms with E-state index in [0.717, 1.165) is 5.56 Å². The summed E-state index contributed by atoms with van der Waals surface area (Å²) in [6.07, 6.45) is -4.75. The molecule has 0 fully saturated rings. The topological polar surface area (TPSA) is 85.1 Å². The van der Waals surface area contributed by atoms with E-state index in [2.05, 4.69) is 19.4 Å². The number of aryl methyl sites for hydroxylation is 1. The van der Waals surface area contributed by atoms with Gasteiger partial charge in [-0.25, -0.2) is 13.1 Å². The number of alkyl halides is 3. The molecule has 1 N–H and O–H groups in total. The number of hydrogen-bond acceptors (Lipinski definition) is 5. The zero-order chi connectivity index (χ0) is 17.3. The van der Waals surface area contributed by atoms with Crippen LogP contribution in [-0.4, -0.2) is 18.6 Å². The Hall–Kier alpha value is -1.94. The maximum atomic E-state index is 12.4. The van der Waals surface area contributed by atoms with Gasteiger partial charge >= 0.3 is 6.18 Å². The molecule has 0 amide bonds. The summed E-state index contributed by atoms with van der Waals surface area (Å²) in [7, 11) is -3.78. The van der Waals surface area contributed by atoms with Crippen LogP contribution in [-0.2, 0) is 22.0 Å². The maximum absolute atomic E-state index is 12.4. The number of nitrogens with one attached hydrogen (secondary N) is 1. The molecule has 0 saturated carbocycles. The first kappa shape index (κ1) is 17.4. The molecule has 1 aromatic carbocycles. The van der Waals surface area contributed by atoms with E-state index in [1.165, 1.54) is 6.92 Å². The smallest absolute Gasteiger partial charge is 0.337 e. The van der Waals surface area contributed by atoms with Crippen molar-refractivity contribution in [1.29, 1.82) is 0 Å². The van der Waals surface area contributed by atoms with Crippen molar-refractivity contribution in [3.05, 3.63) is 47.1 Å². The monoisotopic (exact) mass is 349 g/mol. The van der Waals surface area contributed by atoms with Gasteiger partial charge in [0.05, 0.1) is 11.8 Å². The van der Waals surface area contributed by atoms with Gasteiger partial charge in [-0.05, 0) is 19.4 Å². The predicted octanol–water partition coefficient (Wildman–Crippen LogP) is 2.58. The van der Waals surface area contributed by atoms with Crippen LogP contribution in [0.15, 0.2) is 28.8 Å². The highest BCUT2D eigenvalue weighted by atomic mass is 32.2. The second-order valence-electron chi connectivity index (χ2n) is 5.04. The average molecular weight is 349 g/mol. The molecular formula is C13H14F3N3O3S. The fourth-order valence-electron chi connectivity index (χ4n) is 1.91. The molecule has 1 heterocycles. The van der Waals surface area contributed by atoms with Gasteiger partial charge in [0.15, 0.2) is 0 Å². The van der Waals surface area contributed by atoms with Gasteiger partial charge in [-0.2, -0.15) is 18.2 Å². The van der Waals surface area contributed by atoms with Gasteiger partial charge in [-0.15, -0.1) is 0 Å². The van der Waals surface area contributed by atoms with Gasteiger partial charge in [0.2, 0.25) is 15.9 Å². The molecule has 126 valence electrons. The van der Waals surface area contributed by atoms with E-state index in [-0.39, 0.29) is 5.75 Å². The molecule has 0 radical (unpaired) electrons. The van der Waals surface area contributed by atoms with E-state index in [1.54, 1.807) is 18.2 Å². The Bertz CT molecular complexity index is 787. The molecule has 0 spiro atoms. The number of benzene rings is 1. The summed E-state index contributed by atoms with van der Waals surface area (Å²) < 4.78 is 68.0. The van der Waals surface area contributed by atoms with Crippen molar-refractivity contribution in [2.45, 2.75) is 31.8 Å². The molecule has 1 atom stereocenters. The Morgan fingerprint density at radius 1 is 1.35 bits per heavy atom. The van der Waals surface area contributed by atoms with Gasteiger partial charge in [-0.3, -0.25) is 0 Å². The van der Waals surface area contributed by atoms with Gasteiger partial charge in [0.1, 0.15) is 0 Å².